The fourth-order valence-corrected chi connectivity index (χ4v) is 0.952. The molecule has 1 heterocycles. The summed E-state index contributed by atoms with van der Waals surface area (Å²) in [6, 6.07) is 0. The maximum absolute atomic E-state index is 11.0. The number of hydrogen-bond acceptors (Lipinski definition) is 5. The van der Waals surface area contributed by atoms with E-state index in [9.17, 15) is 9.59 Å². The molecule has 0 unspecified atom stereocenters. The van der Waals surface area contributed by atoms with E-state index in [2.05, 4.69) is 10.1 Å². The number of rotatable bonds is 1. The van der Waals surface area contributed by atoms with Gasteiger partial charge in [0.1, 0.15) is 0 Å². The van der Waals surface area contributed by atoms with Crippen LogP contribution in [0.4, 0.5) is 0 Å². The summed E-state index contributed by atoms with van der Waals surface area (Å²) in [6.07, 6.45) is 0.203. The van der Waals surface area contributed by atoms with Gasteiger partial charge in [-0.2, -0.15) is 0 Å². The number of carbonyl (C=O) groups excluding carboxylic acids is 2. The van der Waals surface area contributed by atoms with Crippen LogP contribution in [0.2, 0.25) is 0 Å². The van der Waals surface area contributed by atoms with Crippen molar-refractivity contribution in [3.05, 3.63) is 11.5 Å². The second kappa shape index (κ2) is 3.25. The van der Waals surface area contributed by atoms with Crippen molar-refractivity contribution in [3.8, 4) is 0 Å². The molecule has 0 atom stereocenters. The van der Waals surface area contributed by atoms with E-state index in [1.807, 2.05) is 0 Å². The molecular weight excluding hydrogens is 162 g/mol. The summed E-state index contributed by atoms with van der Waals surface area (Å²) in [5.41, 5.74) is -0.288. The molecule has 0 radical (unpaired) electrons. The molecule has 1 aliphatic heterocycles. The van der Waals surface area contributed by atoms with Gasteiger partial charge in [-0.3, -0.25) is 4.79 Å². The van der Waals surface area contributed by atoms with Crippen LogP contribution < -0.4 is 5.32 Å². The Balaban J connectivity index is 2.96. The zero-order valence-corrected chi connectivity index (χ0v) is 6.59. The van der Waals surface area contributed by atoms with E-state index in [1.165, 1.54) is 0 Å². The van der Waals surface area contributed by atoms with Crippen molar-refractivity contribution in [2.24, 2.45) is 0 Å². The summed E-state index contributed by atoms with van der Waals surface area (Å²) in [7, 11) is 1.16. The molecule has 0 aromatic carbocycles. The number of ketones is 1. The van der Waals surface area contributed by atoms with Gasteiger partial charge in [0.15, 0.2) is 11.4 Å². The largest absolute Gasteiger partial charge is 0.494 e. The summed E-state index contributed by atoms with van der Waals surface area (Å²) in [5.74, 6) is -1.58. The van der Waals surface area contributed by atoms with E-state index in [4.69, 9.17) is 5.11 Å². The number of hydrogen-bond donors (Lipinski definition) is 2. The number of carbonyl (C=O) groups is 2. The van der Waals surface area contributed by atoms with E-state index < -0.39 is 17.6 Å². The minimum absolute atomic E-state index is 0.203. The number of methoxy groups -OCH3 is 1. The molecule has 1 aliphatic rings. The lowest BCUT2D eigenvalue weighted by Crippen LogP contribution is -2.31. The van der Waals surface area contributed by atoms with Gasteiger partial charge in [0.05, 0.1) is 7.11 Å². The van der Waals surface area contributed by atoms with Crippen LogP contribution in [0.3, 0.4) is 0 Å². The molecule has 0 spiro atoms. The van der Waals surface area contributed by atoms with Crippen molar-refractivity contribution >= 4 is 11.8 Å². The Kier molecular flexibility index (Phi) is 2.32. The zero-order chi connectivity index (χ0) is 9.14. The number of aliphatic hydroxyl groups is 1. The minimum Gasteiger partial charge on any atom is -0.494 e. The minimum atomic E-state index is -0.801. The summed E-state index contributed by atoms with van der Waals surface area (Å²) >= 11 is 0. The Morgan fingerprint density at radius 2 is 2.33 bits per heavy atom. The van der Waals surface area contributed by atoms with Crippen LogP contribution >= 0.6 is 0 Å². The number of ether oxygens (including phenoxy) is 1. The Morgan fingerprint density at radius 3 is 2.83 bits per heavy atom. The highest BCUT2D eigenvalue weighted by molar-refractivity contribution is 6.18. The van der Waals surface area contributed by atoms with Crippen molar-refractivity contribution in [1.29, 1.82) is 0 Å². The van der Waals surface area contributed by atoms with Gasteiger partial charge in [-0.1, -0.05) is 0 Å². The average molecular weight is 171 g/mol. The van der Waals surface area contributed by atoms with E-state index in [0.29, 0.717) is 6.54 Å². The molecule has 12 heavy (non-hydrogen) atoms. The quantitative estimate of drug-likeness (QED) is 0.410. The van der Waals surface area contributed by atoms with Crippen LogP contribution in [-0.4, -0.2) is 30.5 Å². The SMILES string of the molecule is COC(=O)C1=C(O)NCCC1=O. The lowest BCUT2D eigenvalue weighted by Gasteiger charge is -2.14. The van der Waals surface area contributed by atoms with Crippen molar-refractivity contribution in [2.45, 2.75) is 6.42 Å². The molecule has 66 valence electrons. The second-order valence-corrected chi connectivity index (χ2v) is 2.32. The molecular formula is C7H9NO4. The van der Waals surface area contributed by atoms with Gasteiger partial charge < -0.3 is 15.2 Å². The first-order valence-corrected chi connectivity index (χ1v) is 3.45. The predicted octanol–water partition coefficient (Wildman–Crippen LogP) is -0.509. The molecule has 0 saturated heterocycles. The first-order chi connectivity index (χ1) is 5.66. The standard InChI is InChI=1S/C7H9NO4/c1-12-7(11)5-4(9)2-3-8-6(5)10/h8,10H,2-3H2,1H3. The fourth-order valence-electron chi connectivity index (χ4n) is 0.952. The van der Waals surface area contributed by atoms with Crippen LogP contribution in [-0.2, 0) is 14.3 Å². The molecule has 5 nitrogen and oxygen atoms in total. The number of nitrogens with one attached hydrogen (secondary N) is 1. The third-order valence-electron chi connectivity index (χ3n) is 1.55. The molecule has 0 aliphatic carbocycles. The summed E-state index contributed by atoms with van der Waals surface area (Å²) in [5, 5.41) is 11.6. The highest BCUT2D eigenvalue weighted by atomic mass is 16.5. The van der Waals surface area contributed by atoms with Crippen LogP contribution in [0.1, 0.15) is 6.42 Å². The Morgan fingerprint density at radius 1 is 1.67 bits per heavy atom. The maximum Gasteiger partial charge on any atom is 0.346 e. The van der Waals surface area contributed by atoms with Gasteiger partial charge in [0.2, 0.25) is 5.88 Å². The van der Waals surface area contributed by atoms with Gasteiger partial charge in [-0.25, -0.2) is 4.79 Å². The van der Waals surface area contributed by atoms with E-state index >= 15 is 0 Å². The molecule has 5 heteroatoms. The topological polar surface area (TPSA) is 75.6 Å². The Bertz CT molecular complexity index is 256. The van der Waals surface area contributed by atoms with Crippen molar-refractivity contribution in [2.75, 3.05) is 13.7 Å². The predicted molar refractivity (Wildman–Crippen MR) is 39.3 cm³/mol. The maximum atomic E-state index is 11.0. The lowest BCUT2D eigenvalue weighted by atomic mass is 10.1. The van der Waals surface area contributed by atoms with Crippen LogP contribution in [0.25, 0.3) is 0 Å². The summed E-state index contributed by atoms with van der Waals surface area (Å²) in [6.45, 7) is 0.352. The van der Waals surface area contributed by atoms with Crippen LogP contribution in [0, 0.1) is 0 Å². The summed E-state index contributed by atoms with van der Waals surface area (Å²) < 4.78 is 4.31. The third kappa shape index (κ3) is 1.39. The molecule has 1 rings (SSSR count). The van der Waals surface area contributed by atoms with E-state index in [1.54, 1.807) is 0 Å². The van der Waals surface area contributed by atoms with Crippen molar-refractivity contribution in [1.82, 2.24) is 5.32 Å². The highest BCUT2D eigenvalue weighted by Gasteiger charge is 2.26. The third-order valence-corrected chi connectivity index (χ3v) is 1.55. The van der Waals surface area contributed by atoms with Gasteiger partial charge in [0.25, 0.3) is 0 Å². The first kappa shape index (κ1) is 8.58. The molecule has 0 saturated carbocycles. The smallest absolute Gasteiger partial charge is 0.346 e. The van der Waals surface area contributed by atoms with Crippen LogP contribution in [0.5, 0.6) is 0 Å². The van der Waals surface area contributed by atoms with Crippen LogP contribution in [0.15, 0.2) is 11.5 Å². The van der Waals surface area contributed by atoms with Crippen molar-refractivity contribution < 1.29 is 19.4 Å². The van der Waals surface area contributed by atoms with E-state index in [-0.39, 0.29) is 12.0 Å². The Labute approximate surface area is 69.0 Å². The molecule has 0 bridgehead atoms. The number of aliphatic hydroxyl groups excluding tert-OH is 1. The summed E-state index contributed by atoms with van der Waals surface area (Å²) in [4.78, 5) is 21.9. The van der Waals surface area contributed by atoms with Gasteiger partial charge in [-0.15, -0.1) is 0 Å². The zero-order valence-electron chi connectivity index (χ0n) is 6.59. The van der Waals surface area contributed by atoms with Gasteiger partial charge in [0, 0.05) is 13.0 Å². The second-order valence-electron chi connectivity index (χ2n) is 2.32. The average Bonchev–Trinajstić information content (AvgIpc) is 2.03. The molecule has 2 N–H and O–H groups in total. The molecule has 0 amide bonds. The lowest BCUT2D eigenvalue weighted by molar-refractivity contribution is -0.138. The number of Topliss-reactive ketones (excluding diaryl/α,β-unsaturated/α-hetero) is 1. The molecule has 0 fully saturated rings. The van der Waals surface area contributed by atoms with Gasteiger partial charge >= 0.3 is 5.97 Å². The van der Waals surface area contributed by atoms with Crippen molar-refractivity contribution in [3.63, 3.8) is 0 Å². The fraction of sp³-hybridized carbons (Fsp3) is 0.429. The first-order valence-electron chi connectivity index (χ1n) is 3.45. The molecule has 0 aromatic heterocycles. The van der Waals surface area contributed by atoms with E-state index in [0.717, 1.165) is 7.11 Å². The monoisotopic (exact) mass is 171 g/mol. The highest BCUT2D eigenvalue weighted by Crippen LogP contribution is 2.10. The number of esters is 1. The molecule has 0 aromatic rings. The normalized spacial score (nSPS) is 17.2. The van der Waals surface area contributed by atoms with Gasteiger partial charge in [-0.05, 0) is 0 Å². The Hall–Kier alpha value is -1.52.